The van der Waals surface area contributed by atoms with Crippen LogP contribution in [0.4, 0.5) is 0 Å². The molecule has 0 aromatic carbocycles. The van der Waals surface area contributed by atoms with Crippen molar-refractivity contribution in [2.24, 2.45) is 11.8 Å². The van der Waals surface area contributed by atoms with Crippen molar-refractivity contribution in [3.8, 4) is 0 Å². The largest absolute Gasteiger partial charge is 0.311 e. The molecule has 1 heteroatoms. The fourth-order valence-corrected chi connectivity index (χ4v) is 4.74. The molecule has 21 heavy (non-hydrogen) atoms. The third kappa shape index (κ3) is 4.84. The first-order valence-corrected chi connectivity index (χ1v) is 9.51. The molecule has 1 unspecified atom stereocenters. The van der Waals surface area contributed by atoms with E-state index < -0.39 is 0 Å². The molecule has 0 radical (unpaired) electrons. The van der Waals surface area contributed by atoms with Crippen LogP contribution >= 0.6 is 0 Å². The van der Waals surface area contributed by atoms with Gasteiger partial charge in [0.1, 0.15) is 0 Å². The molecule has 0 aromatic rings. The molecule has 0 heterocycles. The van der Waals surface area contributed by atoms with Crippen LogP contribution in [0, 0.1) is 11.8 Å². The summed E-state index contributed by atoms with van der Waals surface area (Å²) < 4.78 is 0. The third-order valence-electron chi connectivity index (χ3n) is 6.36. The Hall–Kier alpha value is -0.300. The number of nitrogens with one attached hydrogen (secondary N) is 1. The highest BCUT2D eigenvalue weighted by Gasteiger charge is 2.33. The first-order chi connectivity index (χ1) is 10.2. The second-order valence-electron chi connectivity index (χ2n) is 7.86. The Morgan fingerprint density at radius 3 is 1.95 bits per heavy atom. The monoisotopic (exact) mass is 291 g/mol. The molecule has 0 amide bonds. The molecule has 2 saturated carbocycles. The van der Waals surface area contributed by atoms with Crippen molar-refractivity contribution in [3.05, 3.63) is 12.2 Å². The van der Waals surface area contributed by atoms with Crippen molar-refractivity contribution in [2.75, 3.05) is 7.05 Å². The van der Waals surface area contributed by atoms with Gasteiger partial charge in [-0.25, -0.2) is 0 Å². The predicted octanol–water partition coefficient (Wildman–Crippen LogP) is 5.85. The molecule has 1 nitrogen and oxygen atoms in total. The SMILES string of the molecule is C=C(C)C(CCC1CCCCC1)(CC1CCCCC1)NC. The predicted molar refractivity (Wildman–Crippen MR) is 93.6 cm³/mol. The van der Waals surface area contributed by atoms with Gasteiger partial charge < -0.3 is 5.32 Å². The maximum atomic E-state index is 4.37. The zero-order valence-electron chi connectivity index (χ0n) is 14.6. The van der Waals surface area contributed by atoms with Crippen molar-refractivity contribution < 1.29 is 0 Å². The summed E-state index contributed by atoms with van der Waals surface area (Å²) in [4.78, 5) is 0. The zero-order valence-corrected chi connectivity index (χ0v) is 14.6. The Morgan fingerprint density at radius 1 is 0.952 bits per heavy atom. The van der Waals surface area contributed by atoms with Crippen LogP contribution in [0.15, 0.2) is 12.2 Å². The van der Waals surface area contributed by atoms with Gasteiger partial charge in [-0.1, -0.05) is 76.4 Å². The smallest absolute Gasteiger partial charge is 0.0388 e. The van der Waals surface area contributed by atoms with Gasteiger partial charge in [-0.15, -0.1) is 0 Å². The van der Waals surface area contributed by atoms with E-state index in [1.54, 1.807) is 0 Å². The van der Waals surface area contributed by atoms with E-state index >= 15 is 0 Å². The molecule has 0 aliphatic heterocycles. The summed E-state index contributed by atoms with van der Waals surface area (Å²) in [5, 5.41) is 3.70. The topological polar surface area (TPSA) is 12.0 Å². The van der Waals surface area contributed by atoms with E-state index in [-0.39, 0.29) is 5.54 Å². The van der Waals surface area contributed by atoms with Crippen LogP contribution in [0.2, 0.25) is 0 Å². The van der Waals surface area contributed by atoms with E-state index in [0.717, 1.165) is 11.8 Å². The molecule has 2 rings (SSSR count). The summed E-state index contributed by atoms with van der Waals surface area (Å²) >= 11 is 0. The van der Waals surface area contributed by atoms with Crippen LogP contribution in [-0.2, 0) is 0 Å². The van der Waals surface area contributed by atoms with Crippen LogP contribution < -0.4 is 5.32 Å². The summed E-state index contributed by atoms with van der Waals surface area (Å²) in [5.41, 5.74) is 1.57. The minimum atomic E-state index is 0.208. The summed E-state index contributed by atoms with van der Waals surface area (Å²) in [7, 11) is 2.17. The highest BCUT2D eigenvalue weighted by Crippen LogP contribution is 2.38. The highest BCUT2D eigenvalue weighted by atomic mass is 14.9. The van der Waals surface area contributed by atoms with E-state index in [2.05, 4.69) is 25.9 Å². The molecule has 0 bridgehead atoms. The Labute approximate surface area is 133 Å². The molecule has 1 N–H and O–H groups in total. The Bertz CT molecular complexity index is 310. The lowest BCUT2D eigenvalue weighted by Gasteiger charge is -2.40. The second-order valence-corrected chi connectivity index (χ2v) is 7.86. The van der Waals surface area contributed by atoms with Crippen LogP contribution in [0.5, 0.6) is 0 Å². The minimum absolute atomic E-state index is 0.208. The maximum absolute atomic E-state index is 4.37. The average molecular weight is 292 g/mol. The van der Waals surface area contributed by atoms with Gasteiger partial charge in [0.25, 0.3) is 0 Å². The Balaban J connectivity index is 1.92. The van der Waals surface area contributed by atoms with Crippen molar-refractivity contribution in [1.82, 2.24) is 5.32 Å². The molecule has 122 valence electrons. The fraction of sp³-hybridized carbons (Fsp3) is 0.900. The van der Waals surface area contributed by atoms with Gasteiger partial charge in [0.05, 0.1) is 0 Å². The fourth-order valence-electron chi connectivity index (χ4n) is 4.74. The Morgan fingerprint density at radius 2 is 1.48 bits per heavy atom. The Kier molecular flexibility index (Phi) is 6.79. The molecular formula is C20H37N. The van der Waals surface area contributed by atoms with Crippen LogP contribution in [0.25, 0.3) is 0 Å². The second kappa shape index (κ2) is 8.36. The number of hydrogen-bond acceptors (Lipinski definition) is 1. The molecule has 2 aliphatic carbocycles. The molecular weight excluding hydrogens is 254 g/mol. The van der Waals surface area contributed by atoms with Crippen molar-refractivity contribution in [1.29, 1.82) is 0 Å². The highest BCUT2D eigenvalue weighted by molar-refractivity contribution is 5.15. The van der Waals surface area contributed by atoms with E-state index in [4.69, 9.17) is 0 Å². The zero-order chi connectivity index (χ0) is 15.1. The number of hydrogen-bond donors (Lipinski definition) is 1. The van der Waals surface area contributed by atoms with Crippen LogP contribution in [-0.4, -0.2) is 12.6 Å². The lowest BCUT2D eigenvalue weighted by Crippen LogP contribution is -2.46. The van der Waals surface area contributed by atoms with E-state index in [0.29, 0.717) is 0 Å². The third-order valence-corrected chi connectivity index (χ3v) is 6.36. The van der Waals surface area contributed by atoms with Gasteiger partial charge in [-0.3, -0.25) is 0 Å². The number of rotatable bonds is 7. The molecule has 1 atom stereocenters. The first-order valence-electron chi connectivity index (χ1n) is 9.51. The van der Waals surface area contributed by atoms with Gasteiger partial charge in [0, 0.05) is 5.54 Å². The van der Waals surface area contributed by atoms with Crippen molar-refractivity contribution in [3.63, 3.8) is 0 Å². The van der Waals surface area contributed by atoms with E-state index in [1.807, 2.05) is 0 Å². The van der Waals surface area contributed by atoms with Gasteiger partial charge in [-0.05, 0) is 45.1 Å². The number of likely N-dealkylation sites (N-methyl/N-ethyl adjacent to an activating group) is 1. The molecule has 0 aromatic heterocycles. The molecule has 0 spiro atoms. The quantitative estimate of drug-likeness (QED) is 0.580. The van der Waals surface area contributed by atoms with E-state index in [9.17, 15) is 0 Å². The summed E-state index contributed by atoms with van der Waals surface area (Å²) in [6.07, 6.45) is 18.6. The summed E-state index contributed by atoms with van der Waals surface area (Å²) in [5.74, 6) is 1.91. The van der Waals surface area contributed by atoms with Gasteiger partial charge in [-0.2, -0.15) is 0 Å². The van der Waals surface area contributed by atoms with Crippen LogP contribution in [0.1, 0.15) is 90.4 Å². The van der Waals surface area contributed by atoms with Crippen LogP contribution in [0.3, 0.4) is 0 Å². The first kappa shape index (κ1) is 17.1. The lowest BCUT2D eigenvalue weighted by molar-refractivity contribution is 0.221. The summed E-state index contributed by atoms with van der Waals surface area (Å²) in [6, 6.07) is 0. The van der Waals surface area contributed by atoms with Gasteiger partial charge >= 0.3 is 0 Å². The molecule has 2 fully saturated rings. The van der Waals surface area contributed by atoms with Gasteiger partial charge in [0.2, 0.25) is 0 Å². The maximum Gasteiger partial charge on any atom is 0.0388 e. The van der Waals surface area contributed by atoms with Gasteiger partial charge in [0.15, 0.2) is 0 Å². The molecule has 0 saturated heterocycles. The summed E-state index contributed by atoms with van der Waals surface area (Å²) in [6.45, 7) is 6.62. The average Bonchev–Trinajstić information content (AvgIpc) is 2.53. The minimum Gasteiger partial charge on any atom is -0.311 e. The molecule has 2 aliphatic rings. The van der Waals surface area contributed by atoms with Crippen molar-refractivity contribution in [2.45, 2.75) is 95.9 Å². The van der Waals surface area contributed by atoms with E-state index in [1.165, 1.54) is 89.0 Å². The lowest BCUT2D eigenvalue weighted by atomic mass is 9.72. The van der Waals surface area contributed by atoms with Crippen molar-refractivity contribution >= 4 is 0 Å². The normalized spacial score (nSPS) is 24.7. The standard InChI is InChI=1S/C20H37N/c1-17(2)20(21-3,16-19-12-8-5-9-13-19)15-14-18-10-6-4-7-11-18/h18-19,21H,1,4-16H2,2-3H3.